The van der Waals surface area contributed by atoms with Crippen LogP contribution in [0.2, 0.25) is 0 Å². The molecule has 0 fully saturated rings. The molecule has 0 amide bonds. The van der Waals surface area contributed by atoms with Crippen LogP contribution in [0.25, 0.3) is 0 Å². The summed E-state index contributed by atoms with van der Waals surface area (Å²) in [6.45, 7) is 1.79. The first-order valence-electron chi connectivity index (χ1n) is 4.83. The first-order valence-corrected chi connectivity index (χ1v) is 5.47. The molecule has 0 N–H and O–H groups in total. The van der Waals surface area contributed by atoms with Crippen LogP contribution < -0.4 is 4.74 Å². The quantitative estimate of drug-likeness (QED) is 0.603. The van der Waals surface area contributed by atoms with E-state index in [2.05, 4.69) is 42.8 Å². The fourth-order valence-electron chi connectivity index (χ4n) is 1.70. The summed E-state index contributed by atoms with van der Waals surface area (Å²) < 4.78 is 5.46. The van der Waals surface area contributed by atoms with Crippen LogP contribution in [0.3, 0.4) is 0 Å². The summed E-state index contributed by atoms with van der Waals surface area (Å²) in [7, 11) is 2.07. The second kappa shape index (κ2) is 4.24. The molecule has 0 bridgehead atoms. The standard InChI is InChI=1S/C11H15NOS/c1-12(8-14)7-9-2-3-11-10(6-9)4-5-13-11/h2-3,6,14H,4-5,7-8H2,1H3. The first-order chi connectivity index (χ1) is 6.79. The lowest BCUT2D eigenvalue weighted by Gasteiger charge is -2.13. The number of ether oxygens (including phenoxy) is 1. The maximum atomic E-state index is 5.46. The van der Waals surface area contributed by atoms with Gasteiger partial charge in [0.25, 0.3) is 0 Å². The summed E-state index contributed by atoms with van der Waals surface area (Å²) in [6, 6.07) is 6.44. The van der Waals surface area contributed by atoms with E-state index in [9.17, 15) is 0 Å². The lowest BCUT2D eigenvalue weighted by atomic mass is 10.1. The van der Waals surface area contributed by atoms with Gasteiger partial charge in [-0.3, -0.25) is 4.90 Å². The monoisotopic (exact) mass is 209 g/mol. The second-order valence-corrected chi connectivity index (χ2v) is 3.98. The number of hydrogen-bond donors (Lipinski definition) is 1. The number of nitrogens with zero attached hydrogens (tertiary/aromatic N) is 1. The number of benzene rings is 1. The van der Waals surface area contributed by atoms with Crippen LogP contribution in [0, 0.1) is 0 Å². The van der Waals surface area contributed by atoms with Crippen molar-refractivity contribution in [2.24, 2.45) is 0 Å². The van der Waals surface area contributed by atoms with Crippen molar-refractivity contribution in [1.29, 1.82) is 0 Å². The third-order valence-electron chi connectivity index (χ3n) is 2.45. The summed E-state index contributed by atoms with van der Waals surface area (Å²) in [5.74, 6) is 1.84. The van der Waals surface area contributed by atoms with Crippen molar-refractivity contribution in [2.75, 3.05) is 19.5 Å². The third-order valence-corrected chi connectivity index (χ3v) is 2.93. The predicted octanol–water partition coefficient (Wildman–Crippen LogP) is 1.94. The normalized spacial score (nSPS) is 14.2. The van der Waals surface area contributed by atoms with Crippen molar-refractivity contribution in [1.82, 2.24) is 4.90 Å². The highest BCUT2D eigenvalue weighted by molar-refractivity contribution is 7.80. The SMILES string of the molecule is CN(CS)Cc1ccc2c(c1)CCO2. The molecule has 1 aliphatic rings. The highest BCUT2D eigenvalue weighted by Crippen LogP contribution is 2.26. The molecule has 0 saturated carbocycles. The van der Waals surface area contributed by atoms with Crippen LogP contribution in [0.15, 0.2) is 18.2 Å². The first kappa shape index (κ1) is 9.87. The van der Waals surface area contributed by atoms with Gasteiger partial charge in [0.2, 0.25) is 0 Å². The van der Waals surface area contributed by atoms with Gasteiger partial charge in [0.1, 0.15) is 5.75 Å². The summed E-state index contributed by atoms with van der Waals surface area (Å²) in [5.41, 5.74) is 2.68. The molecule has 1 heterocycles. The van der Waals surface area contributed by atoms with E-state index in [1.54, 1.807) is 0 Å². The zero-order chi connectivity index (χ0) is 9.97. The largest absolute Gasteiger partial charge is 0.493 e. The topological polar surface area (TPSA) is 12.5 Å². The van der Waals surface area contributed by atoms with Crippen LogP contribution in [0.5, 0.6) is 5.75 Å². The summed E-state index contributed by atoms with van der Waals surface area (Å²) >= 11 is 4.23. The van der Waals surface area contributed by atoms with Gasteiger partial charge in [0, 0.05) is 18.8 Å². The fourth-order valence-corrected chi connectivity index (χ4v) is 1.80. The Labute approximate surface area is 90.3 Å². The van der Waals surface area contributed by atoms with E-state index in [-0.39, 0.29) is 0 Å². The van der Waals surface area contributed by atoms with Crippen LogP contribution in [-0.4, -0.2) is 24.4 Å². The summed E-state index contributed by atoms with van der Waals surface area (Å²) in [5, 5.41) is 0. The molecule has 0 spiro atoms. The molecule has 0 atom stereocenters. The third kappa shape index (κ3) is 2.04. The fraction of sp³-hybridized carbons (Fsp3) is 0.455. The smallest absolute Gasteiger partial charge is 0.122 e. The molecule has 1 aromatic rings. The molecule has 0 aromatic heterocycles. The zero-order valence-electron chi connectivity index (χ0n) is 8.36. The van der Waals surface area contributed by atoms with E-state index in [0.29, 0.717) is 0 Å². The molecule has 76 valence electrons. The van der Waals surface area contributed by atoms with Crippen LogP contribution in [0.4, 0.5) is 0 Å². The number of hydrogen-bond acceptors (Lipinski definition) is 3. The number of thiol groups is 1. The Kier molecular flexibility index (Phi) is 2.99. The molecule has 1 aliphatic heterocycles. The van der Waals surface area contributed by atoms with E-state index in [0.717, 1.165) is 31.2 Å². The summed E-state index contributed by atoms with van der Waals surface area (Å²) in [6.07, 6.45) is 1.05. The Morgan fingerprint density at radius 1 is 1.50 bits per heavy atom. The number of fused-ring (bicyclic) bond motifs is 1. The van der Waals surface area contributed by atoms with Crippen molar-refractivity contribution < 1.29 is 4.74 Å². The average Bonchev–Trinajstić information content (AvgIpc) is 2.64. The lowest BCUT2D eigenvalue weighted by molar-refractivity contribution is 0.356. The predicted molar refractivity (Wildman–Crippen MR) is 61.0 cm³/mol. The van der Waals surface area contributed by atoms with Crippen molar-refractivity contribution in [3.8, 4) is 5.75 Å². The lowest BCUT2D eigenvalue weighted by Crippen LogP contribution is -2.15. The Hall–Kier alpha value is -0.670. The minimum atomic E-state index is 0.785. The van der Waals surface area contributed by atoms with Crippen molar-refractivity contribution in [3.05, 3.63) is 29.3 Å². The van der Waals surface area contributed by atoms with Gasteiger partial charge in [-0.25, -0.2) is 0 Å². The van der Waals surface area contributed by atoms with E-state index in [1.165, 1.54) is 11.1 Å². The van der Waals surface area contributed by atoms with Crippen LogP contribution >= 0.6 is 12.6 Å². The van der Waals surface area contributed by atoms with Crippen LogP contribution in [0.1, 0.15) is 11.1 Å². The Morgan fingerprint density at radius 2 is 2.36 bits per heavy atom. The van der Waals surface area contributed by atoms with Crippen molar-refractivity contribution >= 4 is 12.6 Å². The molecule has 0 saturated heterocycles. The van der Waals surface area contributed by atoms with E-state index < -0.39 is 0 Å². The minimum absolute atomic E-state index is 0.785. The average molecular weight is 209 g/mol. The van der Waals surface area contributed by atoms with Gasteiger partial charge in [-0.15, -0.1) is 0 Å². The highest BCUT2D eigenvalue weighted by Gasteiger charge is 2.12. The Morgan fingerprint density at radius 3 is 3.14 bits per heavy atom. The van der Waals surface area contributed by atoms with Crippen molar-refractivity contribution in [2.45, 2.75) is 13.0 Å². The van der Waals surface area contributed by atoms with Crippen LogP contribution in [-0.2, 0) is 13.0 Å². The molecule has 0 unspecified atom stereocenters. The van der Waals surface area contributed by atoms with E-state index in [1.807, 2.05) is 0 Å². The molecule has 14 heavy (non-hydrogen) atoms. The highest BCUT2D eigenvalue weighted by atomic mass is 32.1. The minimum Gasteiger partial charge on any atom is -0.493 e. The molecule has 2 nitrogen and oxygen atoms in total. The molecule has 2 rings (SSSR count). The molecule has 0 aliphatic carbocycles. The second-order valence-electron chi connectivity index (χ2n) is 3.70. The van der Waals surface area contributed by atoms with Gasteiger partial charge in [-0.05, 0) is 24.2 Å². The van der Waals surface area contributed by atoms with E-state index >= 15 is 0 Å². The maximum Gasteiger partial charge on any atom is 0.122 e. The Balaban J connectivity index is 2.12. The Bertz CT molecular complexity index is 327. The van der Waals surface area contributed by atoms with Gasteiger partial charge >= 0.3 is 0 Å². The van der Waals surface area contributed by atoms with E-state index in [4.69, 9.17) is 4.74 Å². The van der Waals surface area contributed by atoms with Gasteiger partial charge in [0.05, 0.1) is 6.61 Å². The zero-order valence-corrected chi connectivity index (χ0v) is 9.26. The summed E-state index contributed by atoms with van der Waals surface area (Å²) in [4.78, 5) is 2.17. The van der Waals surface area contributed by atoms with Gasteiger partial charge in [-0.1, -0.05) is 12.1 Å². The molecule has 0 radical (unpaired) electrons. The molecular formula is C11H15NOS. The number of rotatable bonds is 3. The van der Waals surface area contributed by atoms with Crippen molar-refractivity contribution in [3.63, 3.8) is 0 Å². The maximum absolute atomic E-state index is 5.46. The molecule has 1 aromatic carbocycles. The van der Waals surface area contributed by atoms with Gasteiger partial charge in [-0.2, -0.15) is 12.6 Å². The van der Waals surface area contributed by atoms with Gasteiger partial charge in [0.15, 0.2) is 0 Å². The molecule has 3 heteroatoms. The van der Waals surface area contributed by atoms with Gasteiger partial charge < -0.3 is 4.74 Å². The molecular weight excluding hydrogens is 194 g/mol.